The van der Waals surface area contributed by atoms with Crippen molar-refractivity contribution in [3.05, 3.63) is 58.5 Å². The molecular weight excluding hydrogens is 410 g/mol. The summed E-state index contributed by atoms with van der Waals surface area (Å²) in [5, 5.41) is 3.80. The van der Waals surface area contributed by atoms with E-state index in [0.29, 0.717) is 24.9 Å². The Bertz CT molecular complexity index is 841. The molecular formula is C25H34ClN3O2. The summed E-state index contributed by atoms with van der Waals surface area (Å²) >= 11 is 6.44. The lowest BCUT2D eigenvalue weighted by molar-refractivity contribution is 0.0912. The smallest absolute Gasteiger partial charge is 0.287 e. The van der Waals surface area contributed by atoms with Gasteiger partial charge in [0.2, 0.25) is 0 Å². The molecule has 1 aromatic carbocycles. The monoisotopic (exact) mass is 443 g/mol. The molecule has 2 heterocycles. The van der Waals surface area contributed by atoms with Gasteiger partial charge in [0.05, 0.1) is 6.54 Å². The van der Waals surface area contributed by atoms with Gasteiger partial charge in [-0.2, -0.15) is 0 Å². The minimum Gasteiger partial charge on any atom is -0.455 e. The number of amides is 1. The summed E-state index contributed by atoms with van der Waals surface area (Å²) < 4.78 is 5.96. The number of likely N-dealkylation sites (tertiary alicyclic amines) is 1. The van der Waals surface area contributed by atoms with Crippen LogP contribution in [0, 0.1) is 0 Å². The molecule has 0 atom stereocenters. The Balaban J connectivity index is 1.36. The Morgan fingerprint density at radius 1 is 1.03 bits per heavy atom. The highest BCUT2D eigenvalue weighted by Crippen LogP contribution is 2.28. The van der Waals surface area contributed by atoms with E-state index in [4.69, 9.17) is 16.0 Å². The number of hydrogen-bond donors (Lipinski definition) is 1. The number of carbonyl (C=O) groups excluding carboxylic acids is 1. The molecule has 1 saturated carbocycles. The van der Waals surface area contributed by atoms with E-state index in [1.165, 1.54) is 44.9 Å². The van der Waals surface area contributed by atoms with E-state index < -0.39 is 0 Å². The predicted molar refractivity (Wildman–Crippen MR) is 124 cm³/mol. The van der Waals surface area contributed by atoms with Crippen molar-refractivity contribution in [3.63, 3.8) is 0 Å². The second kappa shape index (κ2) is 11.2. The van der Waals surface area contributed by atoms with E-state index in [9.17, 15) is 4.79 Å². The number of nitrogens with zero attached hydrogens (tertiary/aromatic N) is 2. The maximum atomic E-state index is 12.5. The maximum Gasteiger partial charge on any atom is 0.287 e. The number of furan rings is 1. The molecule has 6 heteroatoms. The minimum atomic E-state index is -0.124. The number of nitrogens with one attached hydrogen (secondary N) is 1. The third-order valence-corrected chi connectivity index (χ3v) is 6.95. The molecule has 2 aliphatic rings. The molecule has 31 heavy (non-hydrogen) atoms. The summed E-state index contributed by atoms with van der Waals surface area (Å²) in [6.07, 6.45) is 8.80. The first-order valence-electron chi connectivity index (χ1n) is 11.8. The molecule has 0 spiro atoms. The number of rotatable bonds is 9. The largest absolute Gasteiger partial charge is 0.455 e. The second-order valence-corrected chi connectivity index (χ2v) is 9.27. The van der Waals surface area contributed by atoms with Crippen molar-refractivity contribution in [3.8, 4) is 0 Å². The van der Waals surface area contributed by atoms with Crippen molar-refractivity contribution >= 4 is 17.5 Å². The van der Waals surface area contributed by atoms with E-state index in [2.05, 4.69) is 21.2 Å². The van der Waals surface area contributed by atoms with E-state index in [0.717, 1.165) is 42.5 Å². The standard InChI is InChI=1S/C25H34ClN3O2/c26-23-11-5-4-8-20(23)18-29(21-9-2-1-3-10-21)19-22-12-13-24(31-22)25(30)27-14-17-28-15-6-7-16-28/h4-5,8,11-13,21H,1-3,6-7,9-10,14-19H2,(H,27,30). The normalized spacial score (nSPS) is 18.0. The zero-order chi connectivity index (χ0) is 21.5. The molecule has 0 bridgehead atoms. The zero-order valence-electron chi connectivity index (χ0n) is 18.3. The Labute approximate surface area is 190 Å². The number of hydrogen-bond acceptors (Lipinski definition) is 4. The number of carbonyl (C=O) groups is 1. The average Bonchev–Trinajstić information content (AvgIpc) is 3.48. The van der Waals surface area contributed by atoms with Crippen molar-refractivity contribution in [2.24, 2.45) is 0 Å². The van der Waals surface area contributed by atoms with Gasteiger partial charge in [-0.15, -0.1) is 0 Å². The second-order valence-electron chi connectivity index (χ2n) is 8.86. The SMILES string of the molecule is O=C(NCCN1CCCC1)c1ccc(CN(Cc2ccccc2Cl)C2CCCCC2)o1. The van der Waals surface area contributed by atoms with Gasteiger partial charge in [0.1, 0.15) is 5.76 Å². The lowest BCUT2D eigenvalue weighted by atomic mass is 9.93. The molecule has 1 aromatic heterocycles. The van der Waals surface area contributed by atoms with Gasteiger partial charge >= 0.3 is 0 Å². The lowest BCUT2D eigenvalue weighted by Crippen LogP contribution is -2.35. The van der Waals surface area contributed by atoms with Crippen molar-refractivity contribution in [2.75, 3.05) is 26.2 Å². The van der Waals surface area contributed by atoms with Crippen molar-refractivity contribution < 1.29 is 9.21 Å². The van der Waals surface area contributed by atoms with Gasteiger partial charge in [0.15, 0.2) is 5.76 Å². The van der Waals surface area contributed by atoms with Gasteiger partial charge in [0.25, 0.3) is 5.91 Å². The van der Waals surface area contributed by atoms with Crippen molar-refractivity contribution in [1.29, 1.82) is 0 Å². The molecule has 0 radical (unpaired) electrons. The average molecular weight is 444 g/mol. The highest BCUT2D eigenvalue weighted by molar-refractivity contribution is 6.31. The van der Waals surface area contributed by atoms with Crippen LogP contribution >= 0.6 is 11.6 Å². The molecule has 5 nitrogen and oxygen atoms in total. The summed E-state index contributed by atoms with van der Waals surface area (Å²) in [6.45, 7) is 5.34. The Morgan fingerprint density at radius 2 is 1.81 bits per heavy atom. The first kappa shape index (κ1) is 22.4. The van der Waals surface area contributed by atoms with E-state index in [-0.39, 0.29) is 5.91 Å². The first-order valence-corrected chi connectivity index (χ1v) is 12.1. The van der Waals surface area contributed by atoms with Gasteiger partial charge in [-0.3, -0.25) is 9.69 Å². The van der Waals surface area contributed by atoms with E-state index >= 15 is 0 Å². The molecule has 168 valence electrons. The van der Waals surface area contributed by atoms with Crippen LogP contribution in [0.1, 0.15) is 66.8 Å². The Morgan fingerprint density at radius 3 is 2.58 bits per heavy atom. The van der Waals surface area contributed by atoms with Crippen LogP contribution in [0.4, 0.5) is 0 Å². The lowest BCUT2D eigenvalue weighted by Gasteiger charge is -2.34. The maximum absolute atomic E-state index is 12.5. The van der Waals surface area contributed by atoms with Crippen LogP contribution in [-0.4, -0.2) is 47.9 Å². The predicted octanol–water partition coefficient (Wildman–Crippen LogP) is 5.09. The van der Waals surface area contributed by atoms with E-state index in [1.807, 2.05) is 24.3 Å². The molecule has 1 N–H and O–H groups in total. The van der Waals surface area contributed by atoms with Gasteiger partial charge in [-0.05, 0) is 62.5 Å². The number of benzene rings is 1. The third kappa shape index (κ3) is 6.34. The highest BCUT2D eigenvalue weighted by Gasteiger charge is 2.24. The number of halogens is 1. The summed E-state index contributed by atoms with van der Waals surface area (Å²) in [6, 6.07) is 12.3. The van der Waals surface area contributed by atoms with Crippen molar-refractivity contribution in [1.82, 2.24) is 15.1 Å². The topological polar surface area (TPSA) is 48.7 Å². The van der Waals surface area contributed by atoms with Gasteiger partial charge in [-0.25, -0.2) is 0 Å². The molecule has 0 unspecified atom stereocenters. The van der Waals surface area contributed by atoms with Crippen LogP contribution in [0.2, 0.25) is 5.02 Å². The Hall–Kier alpha value is -1.82. The quantitative estimate of drug-likeness (QED) is 0.586. The molecule has 4 rings (SSSR count). The van der Waals surface area contributed by atoms with Crippen molar-refractivity contribution in [2.45, 2.75) is 64.1 Å². The fourth-order valence-electron chi connectivity index (χ4n) is 4.81. The Kier molecular flexibility index (Phi) is 8.06. The van der Waals surface area contributed by atoms with E-state index in [1.54, 1.807) is 6.07 Å². The van der Waals surface area contributed by atoms with Crippen LogP contribution in [0.5, 0.6) is 0 Å². The fourth-order valence-corrected chi connectivity index (χ4v) is 5.01. The van der Waals surface area contributed by atoms with Crippen LogP contribution in [0.3, 0.4) is 0 Å². The van der Waals surface area contributed by atoms with Crippen LogP contribution < -0.4 is 5.32 Å². The van der Waals surface area contributed by atoms with Crippen LogP contribution in [-0.2, 0) is 13.1 Å². The fraction of sp³-hybridized carbons (Fsp3) is 0.560. The summed E-state index contributed by atoms with van der Waals surface area (Å²) in [7, 11) is 0. The van der Waals surface area contributed by atoms with Crippen LogP contribution in [0.25, 0.3) is 0 Å². The summed E-state index contributed by atoms with van der Waals surface area (Å²) in [5.74, 6) is 1.11. The molecule has 1 aliphatic carbocycles. The summed E-state index contributed by atoms with van der Waals surface area (Å²) in [4.78, 5) is 17.4. The molecule has 1 saturated heterocycles. The minimum absolute atomic E-state index is 0.124. The molecule has 1 aliphatic heterocycles. The van der Waals surface area contributed by atoms with Gasteiger partial charge in [0, 0.05) is 30.7 Å². The highest BCUT2D eigenvalue weighted by atomic mass is 35.5. The zero-order valence-corrected chi connectivity index (χ0v) is 19.1. The third-order valence-electron chi connectivity index (χ3n) is 6.58. The first-order chi connectivity index (χ1) is 15.2. The molecule has 2 fully saturated rings. The van der Waals surface area contributed by atoms with Gasteiger partial charge in [-0.1, -0.05) is 49.1 Å². The summed E-state index contributed by atoms with van der Waals surface area (Å²) in [5.41, 5.74) is 1.14. The molecule has 1 amide bonds. The molecule has 2 aromatic rings. The van der Waals surface area contributed by atoms with Gasteiger partial charge < -0.3 is 14.6 Å². The van der Waals surface area contributed by atoms with Crippen LogP contribution in [0.15, 0.2) is 40.8 Å².